The average Bonchev–Trinajstić information content (AvgIpc) is 3.09. The van der Waals surface area contributed by atoms with E-state index in [0.717, 1.165) is 23.1 Å². The molecule has 0 amide bonds. The molecule has 8 heteroatoms. The van der Waals surface area contributed by atoms with Crippen molar-refractivity contribution in [1.29, 1.82) is 0 Å². The van der Waals surface area contributed by atoms with E-state index in [1.54, 1.807) is 19.4 Å². The van der Waals surface area contributed by atoms with E-state index >= 15 is 0 Å². The van der Waals surface area contributed by atoms with Crippen LogP contribution in [0.3, 0.4) is 0 Å². The highest BCUT2D eigenvalue weighted by Gasteiger charge is 2.18. The molecule has 3 rings (SSSR count). The molecular weight excluding hydrogens is 342 g/mol. The van der Waals surface area contributed by atoms with Gasteiger partial charge in [0.15, 0.2) is 17.0 Å². The van der Waals surface area contributed by atoms with E-state index in [0.29, 0.717) is 18.3 Å². The van der Waals surface area contributed by atoms with Gasteiger partial charge < -0.3 is 20.3 Å². The quantitative estimate of drug-likeness (QED) is 0.561. The number of rotatable bonds is 8. The highest BCUT2D eigenvalue weighted by atomic mass is 16.3. The first kappa shape index (κ1) is 19.0. The molecule has 144 valence electrons. The molecule has 0 aliphatic heterocycles. The average molecular weight is 369 g/mol. The summed E-state index contributed by atoms with van der Waals surface area (Å²) in [6.45, 7) is 8.54. The fraction of sp³-hybridized carbons (Fsp3) is 0.474. The molecule has 2 atom stereocenters. The van der Waals surface area contributed by atoms with Gasteiger partial charge in [0.05, 0.1) is 18.5 Å². The van der Waals surface area contributed by atoms with Gasteiger partial charge in [-0.05, 0) is 38.8 Å². The Bertz CT molecular complexity index is 876. The molecule has 0 saturated carbocycles. The number of imidazole rings is 1. The predicted molar refractivity (Wildman–Crippen MR) is 107 cm³/mol. The van der Waals surface area contributed by atoms with E-state index in [1.807, 2.05) is 29.8 Å². The summed E-state index contributed by atoms with van der Waals surface area (Å²) in [7, 11) is 0. The number of pyridine rings is 1. The summed E-state index contributed by atoms with van der Waals surface area (Å²) in [5, 5.41) is 16.5. The van der Waals surface area contributed by atoms with E-state index in [-0.39, 0.29) is 12.1 Å². The number of hydrogen-bond acceptors (Lipinski definition) is 7. The Morgan fingerprint density at radius 2 is 2.04 bits per heavy atom. The molecule has 0 aliphatic carbocycles. The van der Waals surface area contributed by atoms with Crippen molar-refractivity contribution in [2.75, 3.05) is 10.6 Å². The number of nitrogens with zero attached hydrogens (tertiary/aromatic N) is 5. The summed E-state index contributed by atoms with van der Waals surface area (Å²) in [6.07, 6.45) is 5.61. The van der Waals surface area contributed by atoms with Crippen LogP contribution in [0.2, 0.25) is 0 Å². The van der Waals surface area contributed by atoms with Crippen LogP contribution in [0.1, 0.15) is 45.7 Å². The molecule has 3 N–H and O–H groups in total. The van der Waals surface area contributed by atoms with Crippen LogP contribution in [-0.2, 0) is 6.54 Å². The molecule has 8 nitrogen and oxygen atoms in total. The maximum Gasteiger partial charge on any atom is 0.227 e. The van der Waals surface area contributed by atoms with Crippen molar-refractivity contribution in [3.05, 3.63) is 36.4 Å². The van der Waals surface area contributed by atoms with Gasteiger partial charge in [-0.15, -0.1) is 0 Å². The summed E-state index contributed by atoms with van der Waals surface area (Å²) in [4.78, 5) is 17.9. The van der Waals surface area contributed by atoms with Crippen molar-refractivity contribution in [3.63, 3.8) is 0 Å². The third-order valence-electron chi connectivity index (χ3n) is 4.50. The van der Waals surface area contributed by atoms with Gasteiger partial charge in [0, 0.05) is 25.0 Å². The van der Waals surface area contributed by atoms with Crippen LogP contribution < -0.4 is 10.6 Å². The van der Waals surface area contributed by atoms with Gasteiger partial charge in [0.2, 0.25) is 5.95 Å². The fourth-order valence-electron chi connectivity index (χ4n) is 2.90. The number of anilines is 2. The van der Waals surface area contributed by atoms with Gasteiger partial charge in [-0.3, -0.25) is 4.98 Å². The van der Waals surface area contributed by atoms with Crippen LogP contribution in [0.15, 0.2) is 30.9 Å². The summed E-state index contributed by atoms with van der Waals surface area (Å²) in [5.74, 6) is 1.14. The minimum absolute atomic E-state index is 0.121. The van der Waals surface area contributed by atoms with Crippen LogP contribution in [0.5, 0.6) is 0 Å². The topological polar surface area (TPSA) is 101 Å². The SMILES string of the molecule is CC[C@H](Nc1nc(NCc2cccnc2)c2ncn(C(C)C)c2n1)C(C)O. The van der Waals surface area contributed by atoms with Gasteiger partial charge in [0.25, 0.3) is 0 Å². The zero-order valence-electron chi connectivity index (χ0n) is 16.2. The lowest BCUT2D eigenvalue weighted by atomic mass is 10.1. The number of fused-ring (bicyclic) bond motifs is 1. The number of nitrogens with one attached hydrogen (secondary N) is 2. The van der Waals surface area contributed by atoms with Crippen molar-refractivity contribution >= 4 is 22.9 Å². The maximum absolute atomic E-state index is 9.95. The molecule has 1 unspecified atom stereocenters. The van der Waals surface area contributed by atoms with Crippen molar-refractivity contribution in [2.24, 2.45) is 0 Å². The predicted octanol–water partition coefficient (Wildman–Crippen LogP) is 2.99. The van der Waals surface area contributed by atoms with Crippen molar-refractivity contribution in [3.8, 4) is 0 Å². The van der Waals surface area contributed by atoms with Gasteiger partial charge in [0.1, 0.15) is 0 Å². The van der Waals surface area contributed by atoms with Crippen molar-refractivity contribution in [1.82, 2.24) is 24.5 Å². The zero-order chi connectivity index (χ0) is 19.4. The Morgan fingerprint density at radius 3 is 2.67 bits per heavy atom. The van der Waals surface area contributed by atoms with Crippen LogP contribution in [-0.4, -0.2) is 41.8 Å². The van der Waals surface area contributed by atoms with Gasteiger partial charge >= 0.3 is 0 Å². The highest BCUT2D eigenvalue weighted by molar-refractivity contribution is 5.84. The summed E-state index contributed by atoms with van der Waals surface area (Å²) >= 11 is 0. The van der Waals surface area contributed by atoms with E-state index < -0.39 is 6.10 Å². The molecule has 3 heterocycles. The summed E-state index contributed by atoms with van der Waals surface area (Å²) in [5.41, 5.74) is 2.54. The van der Waals surface area contributed by atoms with Crippen LogP contribution in [0.4, 0.5) is 11.8 Å². The van der Waals surface area contributed by atoms with Crippen LogP contribution in [0.25, 0.3) is 11.2 Å². The van der Waals surface area contributed by atoms with E-state index in [4.69, 9.17) is 0 Å². The second-order valence-electron chi connectivity index (χ2n) is 6.93. The second kappa shape index (κ2) is 8.30. The summed E-state index contributed by atoms with van der Waals surface area (Å²) < 4.78 is 2.01. The molecule has 0 radical (unpaired) electrons. The Hall–Kier alpha value is -2.74. The van der Waals surface area contributed by atoms with Gasteiger partial charge in [-0.2, -0.15) is 9.97 Å². The molecule has 0 aromatic carbocycles. The largest absolute Gasteiger partial charge is 0.391 e. The van der Waals surface area contributed by atoms with E-state index in [1.165, 1.54) is 0 Å². The summed E-state index contributed by atoms with van der Waals surface area (Å²) in [6, 6.07) is 4.01. The molecule has 0 bridgehead atoms. The van der Waals surface area contributed by atoms with Crippen molar-refractivity contribution in [2.45, 2.75) is 58.8 Å². The monoisotopic (exact) mass is 369 g/mol. The minimum Gasteiger partial charge on any atom is -0.391 e. The number of aliphatic hydroxyl groups excluding tert-OH is 1. The smallest absolute Gasteiger partial charge is 0.227 e. The molecule has 3 aromatic heterocycles. The Kier molecular flexibility index (Phi) is 5.85. The zero-order valence-corrected chi connectivity index (χ0v) is 16.2. The molecule has 27 heavy (non-hydrogen) atoms. The molecule has 0 fully saturated rings. The highest BCUT2D eigenvalue weighted by Crippen LogP contribution is 2.24. The third-order valence-corrected chi connectivity index (χ3v) is 4.50. The van der Waals surface area contributed by atoms with Gasteiger partial charge in [-0.25, -0.2) is 4.98 Å². The van der Waals surface area contributed by atoms with Crippen LogP contribution in [0, 0.1) is 0 Å². The van der Waals surface area contributed by atoms with E-state index in [2.05, 4.69) is 44.4 Å². The third kappa shape index (κ3) is 4.33. The second-order valence-corrected chi connectivity index (χ2v) is 6.93. The Balaban J connectivity index is 1.96. The molecular formula is C19H27N7O. The fourth-order valence-corrected chi connectivity index (χ4v) is 2.90. The molecule has 3 aromatic rings. The van der Waals surface area contributed by atoms with E-state index in [9.17, 15) is 5.11 Å². The number of aromatic nitrogens is 5. The Morgan fingerprint density at radius 1 is 1.22 bits per heavy atom. The lowest BCUT2D eigenvalue weighted by molar-refractivity contribution is 0.169. The van der Waals surface area contributed by atoms with Gasteiger partial charge in [-0.1, -0.05) is 13.0 Å². The molecule has 0 spiro atoms. The minimum atomic E-state index is -0.504. The maximum atomic E-state index is 9.95. The number of aliphatic hydroxyl groups is 1. The standard InChI is InChI=1S/C19H27N7O/c1-5-15(13(4)27)23-19-24-17(21-10-14-7-6-8-20-9-14)16-18(25-19)26(11-22-16)12(2)3/h6-9,11-13,15,27H,5,10H2,1-4H3,(H2,21,23,24,25)/t13?,15-/m0/s1. The Labute approximate surface area is 159 Å². The first-order chi connectivity index (χ1) is 13.0. The normalized spacial score (nSPS) is 13.7. The number of hydrogen-bond donors (Lipinski definition) is 3. The first-order valence-corrected chi connectivity index (χ1v) is 9.31. The first-order valence-electron chi connectivity index (χ1n) is 9.31. The van der Waals surface area contributed by atoms with Crippen molar-refractivity contribution < 1.29 is 5.11 Å². The molecule has 0 saturated heterocycles. The molecule has 0 aliphatic rings. The lowest BCUT2D eigenvalue weighted by Crippen LogP contribution is -2.31. The lowest BCUT2D eigenvalue weighted by Gasteiger charge is -2.20. The van der Waals surface area contributed by atoms with Crippen LogP contribution >= 0.6 is 0 Å².